The van der Waals surface area contributed by atoms with Crippen molar-refractivity contribution in [3.63, 3.8) is 0 Å². The van der Waals surface area contributed by atoms with Gasteiger partial charge >= 0.3 is 0 Å². The van der Waals surface area contributed by atoms with Crippen LogP contribution in [-0.2, 0) is 11.3 Å². The van der Waals surface area contributed by atoms with E-state index in [0.717, 1.165) is 42.9 Å². The normalized spacial score (nSPS) is 16.9. The molecule has 1 heterocycles. The summed E-state index contributed by atoms with van der Waals surface area (Å²) in [7, 11) is 0. The van der Waals surface area contributed by atoms with E-state index in [-0.39, 0.29) is 23.0 Å². The number of amides is 2. The van der Waals surface area contributed by atoms with Crippen LogP contribution in [0.1, 0.15) is 52.7 Å². The molecule has 1 aliphatic heterocycles. The van der Waals surface area contributed by atoms with Crippen LogP contribution in [0.15, 0.2) is 30.3 Å². The summed E-state index contributed by atoms with van der Waals surface area (Å²) >= 11 is 0. The highest BCUT2D eigenvalue weighted by Crippen LogP contribution is 2.28. The Morgan fingerprint density at radius 2 is 1.79 bits per heavy atom. The van der Waals surface area contributed by atoms with Crippen LogP contribution in [0, 0.1) is 35.8 Å². The van der Waals surface area contributed by atoms with Crippen LogP contribution < -0.4 is 5.32 Å². The Bertz CT molecular complexity index is 1130. The van der Waals surface area contributed by atoms with Gasteiger partial charge in [0.1, 0.15) is 17.7 Å². The van der Waals surface area contributed by atoms with E-state index in [4.69, 9.17) is 5.26 Å². The number of carbonyl (C=O) groups excluding carboxylic acids is 2. The third-order valence-corrected chi connectivity index (χ3v) is 6.86. The van der Waals surface area contributed by atoms with Crippen LogP contribution in [0.3, 0.4) is 0 Å². The zero-order chi connectivity index (χ0) is 24.2. The Morgan fingerprint density at radius 1 is 1.09 bits per heavy atom. The molecule has 2 aromatic rings. The predicted octanol–water partition coefficient (Wildman–Crippen LogP) is 4.23. The van der Waals surface area contributed by atoms with Crippen LogP contribution in [0.2, 0.25) is 0 Å². The number of halogens is 2. The summed E-state index contributed by atoms with van der Waals surface area (Å²) in [5.41, 5.74) is 1.71. The highest BCUT2D eigenvalue weighted by Gasteiger charge is 2.29. The summed E-state index contributed by atoms with van der Waals surface area (Å²) in [5, 5.41) is 11.7. The number of nitriles is 1. The number of anilines is 1. The number of piperazine rings is 1. The molecule has 2 fully saturated rings. The molecule has 1 N–H and O–H groups in total. The lowest BCUT2D eigenvalue weighted by Gasteiger charge is -2.36. The Morgan fingerprint density at radius 3 is 2.47 bits per heavy atom. The van der Waals surface area contributed by atoms with E-state index in [1.165, 1.54) is 24.3 Å². The minimum absolute atomic E-state index is 0.117. The van der Waals surface area contributed by atoms with Gasteiger partial charge in [0.2, 0.25) is 5.91 Å². The van der Waals surface area contributed by atoms with Crippen molar-refractivity contribution in [3.8, 4) is 6.07 Å². The van der Waals surface area contributed by atoms with E-state index in [9.17, 15) is 18.4 Å². The van der Waals surface area contributed by atoms with Crippen molar-refractivity contribution in [1.29, 1.82) is 5.26 Å². The quantitative estimate of drug-likeness (QED) is 0.716. The monoisotopic (exact) mass is 466 g/mol. The van der Waals surface area contributed by atoms with E-state index in [1.54, 1.807) is 6.07 Å². The lowest BCUT2D eigenvalue weighted by Crippen LogP contribution is -2.49. The molecule has 0 unspecified atom stereocenters. The van der Waals surface area contributed by atoms with Crippen LogP contribution in [-0.4, -0.2) is 47.8 Å². The highest BCUT2D eigenvalue weighted by atomic mass is 19.1. The minimum atomic E-state index is -0.701. The van der Waals surface area contributed by atoms with Gasteiger partial charge in [0.25, 0.3) is 5.91 Å². The first kappa shape index (κ1) is 23.8. The molecule has 2 aliphatic rings. The van der Waals surface area contributed by atoms with Crippen LogP contribution in [0.25, 0.3) is 0 Å². The van der Waals surface area contributed by atoms with Gasteiger partial charge in [-0.05, 0) is 61.2 Å². The molecule has 1 saturated carbocycles. The first-order chi connectivity index (χ1) is 16.4. The van der Waals surface area contributed by atoms with Crippen molar-refractivity contribution in [1.82, 2.24) is 9.80 Å². The summed E-state index contributed by atoms with van der Waals surface area (Å²) in [5.74, 6) is -1.27. The Hall–Kier alpha value is -3.31. The molecule has 0 aromatic heterocycles. The first-order valence-corrected chi connectivity index (χ1v) is 11.7. The number of rotatable bonds is 5. The van der Waals surface area contributed by atoms with E-state index >= 15 is 0 Å². The van der Waals surface area contributed by atoms with Crippen molar-refractivity contribution in [3.05, 3.63) is 64.2 Å². The fourth-order valence-electron chi connectivity index (χ4n) is 4.77. The van der Waals surface area contributed by atoms with Crippen molar-refractivity contribution < 1.29 is 18.4 Å². The van der Waals surface area contributed by atoms with E-state index in [1.807, 2.05) is 11.8 Å². The van der Waals surface area contributed by atoms with Crippen LogP contribution in [0.4, 0.5) is 14.5 Å². The van der Waals surface area contributed by atoms with Gasteiger partial charge in [-0.3, -0.25) is 14.5 Å². The molecule has 178 valence electrons. The largest absolute Gasteiger partial charge is 0.340 e. The second-order valence-corrected chi connectivity index (χ2v) is 9.08. The fraction of sp³-hybridized carbons (Fsp3) is 0.423. The van der Waals surface area contributed by atoms with Crippen molar-refractivity contribution in [2.45, 2.75) is 39.2 Å². The maximum absolute atomic E-state index is 14.4. The molecule has 0 radical (unpaired) electrons. The number of carbonyl (C=O) groups is 2. The van der Waals surface area contributed by atoms with Gasteiger partial charge in [-0.1, -0.05) is 12.8 Å². The fourth-order valence-corrected chi connectivity index (χ4v) is 4.77. The number of benzene rings is 2. The van der Waals surface area contributed by atoms with Gasteiger partial charge in [0.15, 0.2) is 0 Å². The van der Waals surface area contributed by atoms with Gasteiger partial charge in [-0.2, -0.15) is 5.26 Å². The summed E-state index contributed by atoms with van der Waals surface area (Å²) in [6, 6.07) is 7.95. The molecule has 1 aliphatic carbocycles. The molecule has 8 heteroatoms. The summed E-state index contributed by atoms with van der Waals surface area (Å²) < 4.78 is 28.0. The molecule has 34 heavy (non-hydrogen) atoms. The molecule has 2 amide bonds. The standard InChI is InChI=1S/C26H28F2N4O2/c1-17-21(16-31-8-10-32(11-9-31)26(34)18-4-2-3-5-18)13-22(27)14-24(17)30-25(33)19-6-7-23(28)20(12-19)15-29/h6-7,12-14,18H,2-5,8-11,16H2,1H3,(H,30,33). The van der Waals surface area contributed by atoms with Gasteiger partial charge in [0.05, 0.1) is 5.56 Å². The minimum Gasteiger partial charge on any atom is -0.340 e. The van der Waals surface area contributed by atoms with Gasteiger partial charge in [0, 0.05) is 49.9 Å². The second-order valence-electron chi connectivity index (χ2n) is 9.08. The Balaban J connectivity index is 1.41. The van der Waals surface area contributed by atoms with Crippen molar-refractivity contribution in [2.75, 3.05) is 31.5 Å². The predicted molar refractivity (Wildman–Crippen MR) is 124 cm³/mol. The molecule has 0 spiro atoms. The summed E-state index contributed by atoms with van der Waals surface area (Å²) in [6.45, 7) is 5.08. The number of nitrogens with one attached hydrogen (secondary N) is 1. The number of hydrogen-bond acceptors (Lipinski definition) is 4. The Labute approximate surface area is 198 Å². The average molecular weight is 467 g/mol. The van der Waals surface area contributed by atoms with E-state index in [2.05, 4.69) is 10.2 Å². The number of nitrogens with zero attached hydrogens (tertiary/aromatic N) is 3. The molecule has 6 nitrogen and oxygen atoms in total. The van der Waals surface area contributed by atoms with Crippen molar-refractivity contribution >= 4 is 17.5 Å². The summed E-state index contributed by atoms with van der Waals surface area (Å²) in [6.07, 6.45) is 4.25. The maximum atomic E-state index is 14.4. The summed E-state index contributed by atoms with van der Waals surface area (Å²) in [4.78, 5) is 29.5. The Kier molecular flexibility index (Phi) is 7.23. The third kappa shape index (κ3) is 5.26. The zero-order valence-corrected chi connectivity index (χ0v) is 19.2. The van der Waals surface area contributed by atoms with Crippen LogP contribution >= 0.6 is 0 Å². The number of hydrogen-bond donors (Lipinski definition) is 1. The first-order valence-electron chi connectivity index (χ1n) is 11.7. The van der Waals surface area contributed by atoms with Gasteiger partial charge < -0.3 is 10.2 Å². The van der Waals surface area contributed by atoms with E-state index in [0.29, 0.717) is 38.4 Å². The maximum Gasteiger partial charge on any atom is 0.255 e. The molecule has 0 bridgehead atoms. The molecule has 0 atom stereocenters. The molecular formula is C26H28F2N4O2. The SMILES string of the molecule is Cc1c(CN2CCN(C(=O)C3CCCC3)CC2)cc(F)cc1NC(=O)c1ccc(F)c(C#N)c1. The van der Waals surface area contributed by atoms with Crippen LogP contribution in [0.5, 0.6) is 0 Å². The molecule has 2 aromatic carbocycles. The zero-order valence-electron chi connectivity index (χ0n) is 19.2. The van der Waals surface area contributed by atoms with Gasteiger partial charge in [-0.15, -0.1) is 0 Å². The lowest BCUT2D eigenvalue weighted by atomic mass is 10.0. The second kappa shape index (κ2) is 10.3. The van der Waals surface area contributed by atoms with Crippen molar-refractivity contribution in [2.24, 2.45) is 5.92 Å². The topological polar surface area (TPSA) is 76.4 Å². The molecule has 4 rings (SSSR count). The highest BCUT2D eigenvalue weighted by molar-refractivity contribution is 6.05. The average Bonchev–Trinajstić information content (AvgIpc) is 3.37. The molecule has 1 saturated heterocycles. The lowest BCUT2D eigenvalue weighted by molar-refractivity contribution is -0.137. The van der Waals surface area contributed by atoms with Gasteiger partial charge in [-0.25, -0.2) is 8.78 Å². The third-order valence-electron chi connectivity index (χ3n) is 6.86. The smallest absolute Gasteiger partial charge is 0.255 e. The molecular weight excluding hydrogens is 438 g/mol. The van der Waals surface area contributed by atoms with E-state index < -0.39 is 17.5 Å².